The van der Waals surface area contributed by atoms with E-state index in [1.807, 2.05) is 0 Å². The van der Waals surface area contributed by atoms with Crippen LogP contribution >= 0.6 is 0 Å². The van der Waals surface area contributed by atoms with E-state index in [0.717, 1.165) is 12.0 Å². The van der Waals surface area contributed by atoms with Gasteiger partial charge in [0.1, 0.15) is 0 Å². The summed E-state index contributed by atoms with van der Waals surface area (Å²) in [7, 11) is 4.34. The van der Waals surface area contributed by atoms with E-state index >= 15 is 0 Å². The molecule has 0 amide bonds. The van der Waals surface area contributed by atoms with Crippen molar-refractivity contribution in [2.75, 3.05) is 46.8 Å². The van der Waals surface area contributed by atoms with Crippen molar-refractivity contribution in [1.29, 1.82) is 0 Å². The molecule has 2 saturated heterocycles. The van der Waals surface area contributed by atoms with Gasteiger partial charge in [-0.1, -0.05) is 0 Å². The van der Waals surface area contributed by atoms with E-state index in [4.69, 9.17) is 0 Å². The van der Waals surface area contributed by atoms with Gasteiger partial charge >= 0.3 is 0 Å². The fourth-order valence-corrected chi connectivity index (χ4v) is 3.01. The zero-order valence-corrected chi connectivity index (χ0v) is 10.9. The van der Waals surface area contributed by atoms with Gasteiger partial charge < -0.3 is 15.1 Å². The monoisotopic (exact) mass is 225 g/mol. The number of rotatable bonds is 3. The maximum absolute atomic E-state index is 3.40. The summed E-state index contributed by atoms with van der Waals surface area (Å²) < 4.78 is 0. The summed E-state index contributed by atoms with van der Waals surface area (Å²) in [5, 5.41) is 3.40. The van der Waals surface area contributed by atoms with Crippen molar-refractivity contribution in [2.24, 2.45) is 5.92 Å². The first-order valence-corrected chi connectivity index (χ1v) is 6.86. The topological polar surface area (TPSA) is 18.5 Å². The maximum Gasteiger partial charge on any atom is 0.00884 e. The van der Waals surface area contributed by atoms with Gasteiger partial charge in [0.15, 0.2) is 0 Å². The lowest BCUT2D eigenvalue weighted by molar-refractivity contribution is 0.135. The second-order valence-electron chi connectivity index (χ2n) is 5.61. The zero-order valence-electron chi connectivity index (χ0n) is 10.9. The van der Waals surface area contributed by atoms with Crippen LogP contribution < -0.4 is 5.32 Å². The first kappa shape index (κ1) is 12.3. The Morgan fingerprint density at radius 1 is 1.00 bits per heavy atom. The molecule has 0 atom stereocenters. The lowest BCUT2D eigenvalue weighted by Crippen LogP contribution is -2.44. The molecule has 0 aromatic carbocycles. The highest BCUT2D eigenvalue weighted by atomic mass is 15.2. The SMILES string of the molecule is CNC1CCN(CC2CCN(C)CC2)CC1. The smallest absolute Gasteiger partial charge is 0.00884 e. The van der Waals surface area contributed by atoms with Gasteiger partial charge in [-0.2, -0.15) is 0 Å². The van der Waals surface area contributed by atoms with Crippen molar-refractivity contribution in [3.05, 3.63) is 0 Å². The lowest BCUT2D eigenvalue weighted by atomic mass is 9.95. The van der Waals surface area contributed by atoms with Crippen LogP contribution in [0.5, 0.6) is 0 Å². The van der Waals surface area contributed by atoms with Crippen molar-refractivity contribution < 1.29 is 0 Å². The zero-order chi connectivity index (χ0) is 11.4. The van der Waals surface area contributed by atoms with E-state index in [1.165, 1.54) is 58.4 Å². The minimum Gasteiger partial charge on any atom is -0.317 e. The van der Waals surface area contributed by atoms with Crippen molar-refractivity contribution in [3.8, 4) is 0 Å². The number of likely N-dealkylation sites (tertiary alicyclic amines) is 2. The molecule has 0 bridgehead atoms. The number of hydrogen-bond donors (Lipinski definition) is 1. The van der Waals surface area contributed by atoms with Crippen LogP contribution in [-0.2, 0) is 0 Å². The average Bonchev–Trinajstić information content (AvgIpc) is 2.33. The largest absolute Gasteiger partial charge is 0.317 e. The fourth-order valence-electron chi connectivity index (χ4n) is 3.01. The van der Waals surface area contributed by atoms with Gasteiger partial charge in [0.05, 0.1) is 0 Å². The van der Waals surface area contributed by atoms with Gasteiger partial charge in [-0.15, -0.1) is 0 Å². The molecule has 0 saturated carbocycles. The molecule has 2 heterocycles. The Labute approximate surface area is 100 Å². The molecule has 2 fully saturated rings. The van der Waals surface area contributed by atoms with Gasteiger partial charge in [-0.05, 0) is 71.9 Å². The van der Waals surface area contributed by atoms with Crippen molar-refractivity contribution in [2.45, 2.75) is 31.7 Å². The Morgan fingerprint density at radius 3 is 2.19 bits per heavy atom. The van der Waals surface area contributed by atoms with Crippen LogP contribution in [0.1, 0.15) is 25.7 Å². The Hall–Kier alpha value is -0.120. The maximum atomic E-state index is 3.40. The number of nitrogens with zero attached hydrogens (tertiary/aromatic N) is 2. The van der Waals surface area contributed by atoms with Crippen LogP contribution in [0.4, 0.5) is 0 Å². The van der Waals surface area contributed by atoms with Crippen LogP contribution in [0.2, 0.25) is 0 Å². The Morgan fingerprint density at radius 2 is 1.62 bits per heavy atom. The first-order valence-electron chi connectivity index (χ1n) is 6.86. The van der Waals surface area contributed by atoms with Crippen molar-refractivity contribution in [1.82, 2.24) is 15.1 Å². The first-order chi connectivity index (χ1) is 7.78. The molecule has 0 spiro atoms. The Bertz CT molecular complexity index is 191. The average molecular weight is 225 g/mol. The summed E-state index contributed by atoms with van der Waals surface area (Å²) in [5.74, 6) is 0.960. The van der Waals surface area contributed by atoms with E-state index in [9.17, 15) is 0 Å². The van der Waals surface area contributed by atoms with Crippen molar-refractivity contribution >= 4 is 0 Å². The molecule has 2 rings (SSSR count). The van der Waals surface area contributed by atoms with E-state index < -0.39 is 0 Å². The number of piperidine rings is 2. The third kappa shape index (κ3) is 3.44. The molecular weight excluding hydrogens is 198 g/mol. The van der Waals surface area contributed by atoms with Crippen LogP contribution in [0.15, 0.2) is 0 Å². The standard InChI is InChI=1S/C13H27N3/c1-14-13-5-9-16(10-6-13)11-12-3-7-15(2)8-4-12/h12-14H,3-11H2,1-2H3. The molecule has 1 N–H and O–H groups in total. The summed E-state index contributed by atoms with van der Waals surface area (Å²) in [5.41, 5.74) is 0. The number of nitrogens with one attached hydrogen (secondary N) is 1. The third-order valence-electron chi connectivity index (χ3n) is 4.35. The highest BCUT2D eigenvalue weighted by molar-refractivity contribution is 4.79. The van der Waals surface area contributed by atoms with Crippen LogP contribution in [0.3, 0.4) is 0 Å². The molecule has 2 aliphatic heterocycles. The summed E-state index contributed by atoms with van der Waals surface area (Å²) in [6.07, 6.45) is 5.48. The molecule has 2 aliphatic rings. The summed E-state index contributed by atoms with van der Waals surface area (Å²) >= 11 is 0. The minimum absolute atomic E-state index is 0.772. The number of hydrogen-bond acceptors (Lipinski definition) is 3. The predicted octanol–water partition coefficient (Wildman–Crippen LogP) is 1.01. The fraction of sp³-hybridized carbons (Fsp3) is 1.00. The van der Waals surface area contributed by atoms with Gasteiger partial charge in [0.25, 0.3) is 0 Å². The molecule has 3 heteroatoms. The summed E-state index contributed by atoms with van der Waals surface area (Å²) in [6.45, 7) is 6.56. The van der Waals surface area contributed by atoms with Crippen LogP contribution in [-0.4, -0.2) is 62.7 Å². The van der Waals surface area contributed by atoms with E-state index in [-0.39, 0.29) is 0 Å². The van der Waals surface area contributed by atoms with E-state index in [2.05, 4.69) is 29.2 Å². The highest BCUT2D eigenvalue weighted by Crippen LogP contribution is 2.19. The highest BCUT2D eigenvalue weighted by Gasteiger charge is 2.22. The second kappa shape index (κ2) is 5.99. The Balaban J connectivity index is 1.66. The van der Waals surface area contributed by atoms with Gasteiger partial charge in [-0.3, -0.25) is 0 Å². The molecule has 94 valence electrons. The molecule has 16 heavy (non-hydrogen) atoms. The van der Waals surface area contributed by atoms with Crippen LogP contribution in [0.25, 0.3) is 0 Å². The molecule has 0 aliphatic carbocycles. The molecule has 0 aromatic rings. The predicted molar refractivity (Wildman–Crippen MR) is 68.7 cm³/mol. The van der Waals surface area contributed by atoms with Gasteiger partial charge in [0, 0.05) is 12.6 Å². The van der Waals surface area contributed by atoms with Crippen molar-refractivity contribution in [3.63, 3.8) is 0 Å². The minimum atomic E-state index is 0.772. The van der Waals surface area contributed by atoms with Gasteiger partial charge in [-0.25, -0.2) is 0 Å². The molecule has 3 nitrogen and oxygen atoms in total. The molecular formula is C13H27N3. The molecule has 0 radical (unpaired) electrons. The van der Waals surface area contributed by atoms with E-state index in [1.54, 1.807) is 0 Å². The molecule has 0 aromatic heterocycles. The summed E-state index contributed by atoms with van der Waals surface area (Å²) in [4.78, 5) is 5.15. The quantitative estimate of drug-likeness (QED) is 0.773. The summed E-state index contributed by atoms with van der Waals surface area (Å²) in [6, 6.07) is 0.772. The van der Waals surface area contributed by atoms with E-state index in [0.29, 0.717) is 0 Å². The second-order valence-corrected chi connectivity index (χ2v) is 5.61. The normalized spacial score (nSPS) is 27.4. The van der Waals surface area contributed by atoms with Gasteiger partial charge in [0.2, 0.25) is 0 Å². The Kier molecular flexibility index (Phi) is 4.62. The van der Waals surface area contributed by atoms with Crippen LogP contribution in [0, 0.1) is 5.92 Å². The molecule has 0 unspecified atom stereocenters. The lowest BCUT2D eigenvalue weighted by Gasteiger charge is -2.36. The third-order valence-corrected chi connectivity index (χ3v) is 4.35.